The van der Waals surface area contributed by atoms with Gasteiger partial charge in [-0.1, -0.05) is 0 Å². The van der Waals surface area contributed by atoms with Crippen molar-refractivity contribution in [2.75, 3.05) is 25.1 Å². The molecule has 2 rings (SSSR count). The van der Waals surface area contributed by atoms with Crippen molar-refractivity contribution in [2.24, 2.45) is 0 Å². The number of nitriles is 2. The van der Waals surface area contributed by atoms with E-state index in [-0.39, 0.29) is 34.8 Å². The molecule has 2 atom stereocenters. The van der Waals surface area contributed by atoms with Crippen LogP contribution in [0.1, 0.15) is 25.0 Å². The summed E-state index contributed by atoms with van der Waals surface area (Å²) in [7, 11) is 1.31. The third-order valence-electron chi connectivity index (χ3n) is 3.60. The highest BCUT2D eigenvalue weighted by Crippen LogP contribution is 2.41. The molecule has 1 aromatic rings. The fourth-order valence-electron chi connectivity index (χ4n) is 2.85. The summed E-state index contributed by atoms with van der Waals surface area (Å²) in [6.07, 6.45) is -1.76. The average molecular weight is 331 g/mol. The third-order valence-corrected chi connectivity index (χ3v) is 3.60. The standard InChI is InChI=1S/C16H17N3O5/c1-9-7-19(8-10(2)23-9)14-11(5-17)4-13(22-3)15(12(14)6-18)24-16(20)21/h4,9-10H,7-8H2,1-3H3,(H,20,21). The van der Waals surface area contributed by atoms with Gasteiger partial charge < -0.3 is 24.2 Å². The summed E-state index contributed by atoms with van der Waals surface area (Å²) in [6.45, 7) is 4.71. The molecule has 1 N–H and O–H groups in total. The molecule has 2 unspecified atom stereocenters. The summed E-state index contributed by atoms with van der Waals surface area (Å²) in [5.41, 5.74) is 0.496. The number of carboxylic acid groups (broad SMARTS) is 1. The Kier molecular flexibility index (Phi) is 5.12. The predicted molar refractivity (Wildman–Crippen MR) is 83.3 cm³/mol. The fourth-order valence-corrected chi connectivity index (χ4v) is 2.85. The van der Waals surface area contributed by atoms with Crippen LogP contribution in [0.4, 0.5) is 10.5 Å². The Morgan fingerprint density at radius 1 is 1.33 bits per heavy atom. The molecule has 1 aliphatic rings. The van der Waals surface area contributed by atoms with Crippen LogP contribution >= 0.6 is 0 Å². The highest BCUT2D eigenvalue weighted by Gasteiger charge is 2.30. The molecule has 0 amide bonds. The van der Waals surface area contributed by atoms with E-state index >= 15 is 0 Å². The second kappa shape index (κ2) is 7.07. The molecule has 8 heteroatoms. The van der Waals surface area contributed by atoms with Crippen molar-refractivity contribution in [1.29, 1.82) is 10.5 Å². The lowest BCUT2D eigenvalue weighted by atomic mass is 10.0. The van der Waals surface area contributed by atoms with Gasteiger partial charge in [0, 0.05) is 19.2 Å². The zero-order chi connectivity index (χ0) is 17.9. The SMILES string of the molecule is COc1cc(C#N)c(N2CC(C)OC(C)C2)c(C#N)c1OC(=O)O. The summed E-state index contributed by atoms with van der Waals surface area (Å²) in [5, 5.41) is 28.0. The molecule has 1 aromatic carbocycles. The molecule has 1 aliphatic heterocycles. The number of morpholine rings is 1. The van der Waals surface area contributed by atoms with Crippen LogP contribution in [0, 0.1) is 22.7 Å². The molecule has 0 spiro atoms. The van der Waals surface area contributed by atoms with Crippen molar-refractivity contribution in [2.45, 2.75) is 26.1 Å². The van der Waals surface area contributed by atoms with E-state index in [0.29, 0.717) is 18.8 Å². The maximum absolute atomic E-state index is 11.0. The van der Waals surface area contributed by atoms with Crippen LogP contribution in [-0.2, 0) is 4.74 Å². The Morgan fingerprint density at radius 3 is 2.42 bits per heavy atom. The lowest BCUT2D eigenvalue weighted by Crippen LogP contribution is -2.46. The van der Waals surface area contributed by atoms with Crippen molar-refractivity contribution in [1.82, 2.24) is 0 Å². The smallest absolute Gasteiger partial charge is 0.493 e. The monoisotopic (exact) mass is 331 g/mol. The second-order valence-electron chi connectivity index (χ2n) is 5.43. The van der Waals surface area contributed by atoms with Gasteiger partial charge in [0.05, 0.1) is 30.6 Å². The first-order chi connectivity index (χ1) is 11.4. The number of carbonyl (C=O) groups is 1. The summed E-state index contributed by atoms with van der Waals surface area (Å²) in [6, 6.07) is 5.35. The van der Waals surface area contributed by atoms with Gasteiger partial charge in [-0.15, -0.1) is 0 Å². The number of anilines is 1. The summed E-state index contributed by atoms with van der Waals surface area (Å²) in [5.74, 6) is -0.197. The van der Waals surface area contributed by atoms with E-state index in [1.165, 1.54) is 13.2 Å². The quantitative estimate of drug-likeness (QED) is 0.661. The van der Waals surface area contributed by atoms with Crippen molar-refractivity contribution in [3.05, 3.63) is 17.2 Å². The van der Waals surface area contributed by atoms with Crippen molar-refractivity contribution >= 4 is 11.8 Å². The van der Waals surface area contributed by atoms with Gasteiger partial charge in [0.1, 0.15) is 17.7 Å². The van der Waals surface area contributed by atoms with Crippen LogP contribution in [0.5, 0.6) is 11.5 Å². The van der Waals surface area contributed by atoms with Crippen LogP contribution in [0.25, 0.3) is 0 Å². The summed E-state index contributed by atoms with van der Waals surface area (Å²) < 4.78 is 15.5. The van der Waals surface area contributed by atoms with Gasteiger partial charge in [-0.05, 0) is 13.8 Å². The zero-order valence-corrected chi connectivity index (χ0v) is 13.6. The van der Waals surface area contributed by atoms with Crippen molar-refractivity contribution in [3.8, 4) is 23.6 Å². The van der Waals surface area contributed by atoms with Gasteiger partial charge in [-0.2, -0.15) is 10.5 Å². The number of methoxy groups -OCH3 is 1. The number of benzene rings is 1. The van der Waals surface area contributed by atoms with Crippen LogP contribution in [0.3, 0.4) is 0 Å². The number of nitrogens with zero attached hydrogens (tertiary/aromatic N) is 3. The first-order valence-electron chi connectivity index (χ1n) is 7.27. The first kappa shape index (κ1) is 17.4. The van der Waals surface area contributed by atoms with Crippen molar-refractivity contribution in [3.63, 3.8) is 0 Å². The van der Waals surface area contributed by atoms with Gasteiger partial charge in [-0.25, -0.2) is 4.79 Å². The summed E-state index contributed by atoms with van der Waals surface area (Å²) in [4.78, 5) is 12.8. The minimum Gasteiger partial charge on any atom is -0.493 e. The molecule has 8 nitrogen and oxygen atoms in total. The molecule has 0 radical (unpaired) electrons. The number of hydrogen-bond donors (Lipinski definition) is 1. The lowest BCUT2D eigenvalue weighted by molar-refractivity contribution is -0.00526. The lowest BCUT2D eigenvalue weighted by Gasteiger charge is -2.37. The van der Waals surface area contributed by atoms with E-state index in [9.17, 15) is 15.3 Å². The van der Waals surface area contributed by atoms with Gasteiger partial charge in [-0.3, -0.25) is 0 Å². The molecule has 0 aliphatic carbocycles. The molecular formula is C16H17N3O5. The van der Waals surface area contributed by atoms with E-state index in [4.69, 9.17) is 19.3 Å². The third kappa shape index (κ3) is 3.34. The maximum Gasteiger partial charge on any atom is 0.511 e. The molecular weight excluding hydrogens is 314 g/mol. The van der Waals surface area contributed by atoms with Crippen molar-refractivity contribution < 1.29 is 24.1 Å². The Hall–Kier alpha value is -2.97. The number of ether oxygens (including phenoxy) is 3. The Labute approximate surface area is 139 Å². The average Bonchev–Trinajstić information content (AvgIpc) is 2.52. The van der Waals surface area contributed by atoms with Gasteiger partial charge in [0.15, 0.2) is 11.5 Å². The van der Waals surface area contributed by atoms with Crippen LogP contribution in [0.15, 0.2) is 6.07 Å². The van der Waals surface area contributed by atoms with Crippen LogP contribution in [-0.4, -0.2) is 43.7 Å². The molecule has 0 saturated carbocycles. The van der Waals surface area contributed by atoms with E-state index in [0.717, 1.165) is 0 Å². The minimum absolute atomic E-state index is 0.0172. The van der Waals surface area contributed by atoms with E-state index in [1.807, 2.05) is 30.9 Å². The number of hydrogen-bond acceptors (Lipinski definition) is 7. The first-order valence-corrected chi connectivity index (χ1v) is 7.27. The Morgan fingerprint density at radius 2 is 1.96 bits per heavy atom. The topological polar surface area (TPSA) is 116 Å². The van der Waals surface area contributed by atoms with Gasteiger partial charge in [0.2, 0.25) is 0 Å². The normalized spacial score (nSPS) is 20.0. The molecule has 1 saturated heterocycles. The molecule has 1 heterocycles. The van der Waals surface area contributed by atoms with Gasteiger partial charge >= 0.3 is 6.16 Å². The molecule has 1 fully saturated rings. The van der Waals surface area contributed by atoms with Crippen LogP contribution in [0.2, 0.25) is 0 Å². The second-order valence-corrected chi connectivity index (χ2v) is 5.43. The highest BCUT2D eigenvalue weighted by atomic mass is 16.7. The predicted octanol–water partition coefficient (Wildman–Crippen LogP) is 2.11. The molecule has 24 heavy (non-hydrogen) atoms. The molecule has 0 aromatic heterocycles. The molecule has 126 valence electrons. The summed E-state index contributed by atoms with van der Waals surface area (Å²) >= 11 is 0. The van der Waals surface area contributed by atoms with E-state index < -0.39 is 6.16 Å². The zero-order valence-electron chi connectivity index (χ0n) is 13.6. The molecule has 0 bridgehead atoms. The Balaban J connectivity index is 2.67. The minimum atomic E-state index is -1.57. The van der Waals surface area contributed by atoms with Gasteiger partial charge in [0.25, 0.3) is 0 Å². The highest BCUT2D eigenvalue weighted by molar-refractivity contribution is 5.78. The van der Waals surface area contributed by atoms with E-state index in [1.54, 1.807) is 0 Å². The van der Waals surface area contributed by atoms with E-state index in [2.05, 4.69) is 0 Å². The Bertz CT molecular complexity index is 725. The fraction of sp³-hybridized carbons (Fsp3) is 0.438. The largest absolute Gasteiger partial charge is 0.511 e. The number of rotatable bonds is 3. The maximum atomic E-state index is 11.0. The van der Waals surface area contributed by atoms with Crippen LogP contribution < -0.4 is 14.4 Å².